The molecule has 1 amide bonds. The maximum Gasteiger partial charge on any atom is 0.299 e. The van der Waals surface area contributed by atoms with Gasteiger partial charge in [0.2, 0.25) is 11.8 Å². The molecule has 0 aliphatic carbocycles. The first-order valence-corrected chi connectivity index (χ1v) is 6.24. The second-order valence-corrected chi connectivity index (χ2v) is 4.91. The third kappa shape index (κ3) is 1.80. The lowest BCUT2D eigenvalue weighted by atomic mass is 10.0. The maximum absolute atomic E-state index is 12.1. The van der Waals surface area contributed by atoms with Crippen LogP contribution in [0.5, 0.6) is 0 Å². The van der Waals surface area contributed by atoms with Crippen LogP contribution in [0, 0.1) is 20.8 Å². The number of Topliss-reactive ketones (excluding diaryl/α,β-unsaturated/α-hetero) is 1. The Labute approximate surface area is 115 Å². The summed E-state index contributed by atoms with van der Waals surface area (Å²) in [6.07, 6.45) is 0. The highest BCUT2D eigenvalue weighted by Crippen LogP contribution is 2.34. The Morgan fingerprint density at radius 2 is 1.90 bits per heavy atom. The number of carbonyl (C=O) groups is 2. The number of benzene rings is 1. The standard InChI is InChI=1S/C14H13N3O3/c1-7-4-8(2)12-10(5-7)13(18)14(19)17(12)6-11-16-15-9(3)20-11/h4-5H,6H2,1-3H3. The number of anilines is 1. The molecule has 0 spiro atoms. The Morgan fingerprint density at radius 3 is 2.55 bits per heavy atom. The number of ketones is 1. The van der Waals surface area contributed by atoms with Gasteiger partial charge >= 0.3 is 0 Å². The largest absolute Gasteiger partial charge is 0.424 e. The summed E-state index contributed by atoms with van der Waals surface area (Å²) >= 11 is 0. The minimum Gasteiger partial charge on any atom is -0.424 e. The van der Waals surface area contributed by atoms with Gasteiger partial charge in [0.05, 0.1) is 11.3 Å². The lowest BCUT2D eigenvalue weighted by Gasteiger charge is -2.16. The van der Waals surface area contributed by atoms with Gasteiger partial charge in [-0.05, 0) is 31.0 Å². The predicted octanol–water partition coefficient (Wildman–Crippen LogP) is 1.72. The number of hydrogen-bond donors (Lipinski definition) is 0. The monoisotopic (exact) mass is 271 g/mol. The van der Waals surface area contributed by atoms with Crippen LogP contribution in [0.25, 0.3) is 0 Å². The molecule has 0 saturated carbocycles. The van der Waals surface area contributed by atoms with Gasteiger partial charge in [0.25, 0.3) is 11.7 Å². The van der Waals surface area contributed by atoms with E-state index in [9.17, 15) is 9.59 Å². The van der Waals surface area contributed by atoms with Crippen LogP contribution in [0.3, 0.4) is 0 Å². The molecule has 6 heteroatoms. The second kappa shape index (κ2) is 4.26. The Morgan fingerprint density at radius 1 is 1.15 bits per heavy atom. The fourth-order valence-corrected chi connectivity index (χ4v) is 2.52. The molecule has 0 unspecified atom stereocenters. The van der Waals surface area contributed by atoms with E-state index in [1.165, 1.54) is 4.90 Å². The Hall–Kier alpha value is -2.50. The summed E-state index contributed by atoms with van der Waals surface area (Å²) in [5.74, 6) is -0.289. The summed E-state index contributed by atoms with van der Waals surface area (Å²) in [6, 6.07) is 3.68. The van der Waals surface area contributed by atoms with E-state index in [0.29, 0.717) is 23.0 Å². The number of aryl methyl sites for hydroxylation is 3. The zero-order chi connectivity index (χ0) is 14.4. The summed E-state index contributed by atoms with van der Waals surface area (Å²) in [5.41, 5.74) is 2.93. The highest BCUT2D eigenvalue weighted by atomic mass is 16.4. The van der Waals surface area contributed by atoms with E-state index in [4.69, 9.17) is 4.42 Å². The summed E-state index contributed by atoms with van der Waals surface area (Å²) in [6.45, 7) is 5.57. The first kappa shape index (κ1) is 12.5. The second-order valence-electron chi connectivity index (χ2n) is 4.91. The molecule has 3 rings (SSSR count). The third-order valence-electron chi connectivity index (χ3n) is 3.26. The average Bonchev–Trinajstić information content (AvgIpc) is 2.88. The first-order chi connectivity index (χ1) is 9.47. The number of aromatic nitrogens is 2. The Kier molecular flexibility index (Phi) is 2.67. The van der Waals surface area contributed by atoms with Crippen LogP contribution in [-0.4, -0.2) is 21.9 Å². The third-order valence-corrected chi connectivity index (χ3v) is 3.26. The van der Waals surface area contributed by atoms with E-state index in [2.05, 4.69) is 10.2 Å². The van der Waals surface area contributed by atoms with Crippen molar-refractivity contribution in [2.24, 2.45) is 0 Å². The molecule has 6 nitrogen and oxygen atoms in total. The Bertz CT molecular complexity index is 733. The average molecular weight is 271 g/mol. The van der Waals surface area contributed by atoms with E-state index in [-0.39, 0.29) is 6.54 Å². The van der Waals surface area contributed by atoms with Crippen molar-refractivity contribution in [3.63, 3.8) is 0 Å². The molecule has 0 bridgehead atoms. The number of fused-ring (bicyclic) bond motifs is 1. The van der Waals surface area contributed by atoms with E-state index < -0.39 is 11.7 Å². The zero-order valence-electron chi connectivity index (χ0n) is 11.4. The zero-order valence-corrected chi connectivity index (χ0v) is 11.4. The molecular weight excluding hydrogens is 258 g/mol. The molecule has 2 aromatic rings. The van der Waals surface area contributed by atoms with Crippen LogP contribution in [0.2, 0.25) is 0 Å². The predicted molar refractivity (Wildman–Crippen MR) is 70.5 cm³/mol. The summed E-state index contributed by atoms with van der Waals surface area (Å²) < 4.78 is 5.28. The molecule has 1 aromatic heterocycles. The van der Waals surface area contributed by atoms with Crippen LogP contribution in [-0.2, 0) is 11.3 Å². The molecule has 1 aliphatic heterocycles. The van der Waals surface area contributed by atoms with Crippen molar-refractivity contribution < 1.29 is 14.0 Å². The molecule has 0 fully saturated rings. The maximum atomic E-state index is 12.1. The van der Waals surface area contributed by atoms with Crippen LogP contribution in [0.15, 0.2) is 16.5 Å². The minimum absolute atomic E-state index is 0.113. The van der Waals surface area contributed by atoms with Gasteiger partial charge in [-0.2, -0.15) is 0 Å². The molecule has 0 atom stereocenters. The van der Waals surface area contributed by atoms with E-state index in [0.717, 1.165) is 11.1 Å². The van der Waals surface area contributed by atoms with Crippen LogP contribution in [0.1, 0.15) is 33.3 Å². The van der Waals surface area contributed by atoms with Crippen molar-refractivity contribution in [3.05, 3.63) is 40.6 Å². The molecule has 0 radical (unpaired) electrons. The van der Waals surface area contributed by atoms with Crippen LogP contribution in [0.4, 0.5) is 5.69 Å². The normalized spacial score (nSPS) is 14.1. The number of amides is 1. The molecule has 0 saturated heterocycles. The van der Waals surface area contributed by atoms with Gasteiger partial charge in [0, 0.05) is 6.92 Å². The fraction of sp³-hybridized carbons (Fsp3) is 0.286. The molecule has 1 aliphatic rings. The minimum atomic E-state index is -0.551. The van der Waals surface area contributed by atoms with Gasteiger partial charge in [0.1, 0.15) is 6.54 Å². The van der Waals surface area contributed by atoms with Crippen molar-refractivity contribution >= 4 is 17.4 Å². The molecule has 102 valence electrons. The first-order valence-electron chi connectivity index (χ1n) is 6.24. The van der Waals surface area contributed by atoms with Crippen molar-refractivity contribution in [3.8, 4) is 0 Å². The van der Waals surface area contributed by atoms with E-state index in [1.54, 1.807) is 13.0 Å². The highest BCUT2D eigenvalue weighted by Gasteiger charge is 2.37. The van der Waals surface area contributed by atoms with Gasteiger partial charge in [-0.3, -0.25) is 14.5 Å². The van der Waals surface area contributed by atoms with Gasteiger partial charge in [-0.1, -0.05) is 6.07 Å². The Balaban J connectivity index is 2.06. The lowest BCUT2D eigenvalue weighted by Crippen LogP contribution is -2.29. The van der Waals surface area contributed by atoms with Gasteiger partial charge in [-0.25, -0.2) is 0 Å². The summed E-state index contributed by atoms with van der Waals surface area (Å²) in [7, 11) is 0. The number of nitrogens with zero attached hydrogens (tertiary/aromatic N) is 3. The van der Waals surface area contributed by atoms with Gasteiger partial charge in [-0.15, -0.1) is 10.2 Å². The molecule has 2 heterocycles. The summed E-state index contributed by atoms with van der Waals surface area (Å²) in [5, 5.41) is 7.59. The quantitative estimate of drug-likeness (QED) is 0.777. The number of hydrogen-bond acceptors (Lipinski definition) is 5. The van der Waals surface area contributed by atoms with Crippen molar-refractivity contribution in [1.29, 1.82) is 0 Å². The van der Waals surface area contributed by atoms with E-state index >= 15 is 0 Å². The lowest BCUT2D eigenvalue weighted by molar-refractivity contribution is -0.114. The fourth-order valence-electron chi connectivity index (χ4n) is 2.52. The number of carbonyl (C=O) groups excluding carboxylic acids is 2. The van der Waals surface area contributed by atoms with Crippen LogP contribution >= 0.6 is 0 Å². The van der Waals surface area contributed by atoms with Crippen molar-refractivity contribution in [2.45, 2.75) is 27.3 Å². The smallest absolute Gasteiger partial charge is 0.299 e. The molecule has 0 N–H and O–H groups in total. The number of rotatable bonds is 2. The molecule has 20 heavy (non-hydrogen) atoms. The van der Waals surface area contributed by atoms with E-state index in [1.807, 2.05) is 19.9 Å². The summed E-state index contributed by atoms with van der Waals surface area (Å²) in [4.78, 5) is 25.6. The van der Waals surface area contributed by atoms with Crippen molar-refractivity contribution in [1.82, 2.24) is 10.2 Å². The topological polar surface area (TPSA) is 76.3 Å². The SMILES string of the molecule is Cc1cc(C)c2c(c1)C(=O)C(=O)N2Cc1nnc(C)o1. The van der Waals surface area contributed by atoms with Gasteiger partial charge in [0.15, 0.2) is 0 Å². The van der Waals surface area contributed by atoms with Crippen molar-refractivity contribution in [2.75, 3.05) is 4.90 Å². The van der Waals surface area contributed by atoms with Crippen LogP contribution < -0.4 is 4.90 Å². The molecule has 1 aromatic carbocycles. The highest BCUT2D eigenvalue weighted by molar-refractivity contribution is 6.52. The van der Waals surface area contributed by atoms with Gasteiger partial charge < -0.3 is 4.42 Å². The molecular formula is C14H13N3O3.